The number of halogens is 1. The topological polar surface area (TPSA) is 66.6 Å². The molecule has 4 rings (SSSR count). The molecule has 146 valence electrons. The number of aryl methyl sites for hydroxylation is 2. The average Bonchev–Trinajstić information content (AvgIpc) is 3.08. The van der Waals surface area contributed by atoms with Crippen LogP contribution in [0.1, 0.15) is 28.8 Å². The highest BCUT2D eigenvalue weighted by Crippen LogP contribution is 2.29. The Balaban J connectivity index is 1.78. The third kappa shape index (κ3) is 3.13. The SMILES string of the molecule is CCc1nn2c(C)c(C(=O)N3CCN(C)CC3)nnc2c1-c1ccc(F)cc1. The van der Waals surface area contributed by atoms with Crippen molar-refractivity contribution in [2.45, 2.75) is 20.3 Å². The lowest BCUT2D eigenvalue weighted by atomic mass is 10.0. The lowest BCUT2D eigenvalue weighted by molar-refractivity contribution is 0.0655. The fraction of sp³-hybridized carbons (Fsp3) is 0.400. The van der Waals surface area contributed by atoms with Crippen LogP contribution in [0, 0.1) is 12.7 Å². The first-order valence-electron chi connectivity index (χ1n) is 9.48. The van der Waals surface area contributed by atoms with Gasteiger partial charge in [-0.15, -0.1) is 10.2 Å². The van der Waals surface area contributed by atoms with E-state index in [2.05, 4.69) is 20.2 Å². The summed E-state index contributed by atoms with van der Waals surface area (Å²) in [5.74, 6) is -0.405. The summed E-state index contributed by atoms with van der Waals surface area (Å²) in [5.41, 5.74) is 4.07. The van der Waals surface area contributed by atoms with Gasteiger partial charge in [0.1, 0.15) is 5.82 Å². The van der Waals surface area contributed by atoms with Crippen molar-refractivity contribution >= 4 is 11.6 Å². The number of piperazine rings is 1. The summed E-state index contributed by atoms with van der Waals surface area (Å²) >= 11 is 0. The highest BCUT2D eigenvalue weighted by molar-refractivity contribution is 5.93. The molecule has 0 atom stereocenters. The molecular formula is C20H23FN6O. The Bertz CT molecular complexity index is 1020. The van der Waals surface area contributed by atoms with Gasteiger partial charge in [-0.1, -0.05) is 19.1 Å². The molecule has 8 heteroatoms. The number of aromatic nitrogens is 4. The Labute approximate surface area is 162 Å². The van der Waals surface area contributed by atoms with Crippen LogP contribution in [0.15, 0.2) is 24.3 Å². The monoisotopic (exact) mass is 382 g/mol. The minimum Gasteiger partial charge on any atom is -0.335 e. The van der Waals surface area contributed by atoms with Crippen molar-refractivity contribution in [3.8, 4) is 11.1 Å². The molecule has 1 aliphatic rings. The maximum atomic E-state index is 13.3. The zero-order chi connectivity index (χ0) is 19.8. The zero-order valence-corrected chi connectivity index (χ0v) is 16.3. The molecule has 1 fully saturated rings. The lowest BCUT2D eigenvalue weighted by Gasteiger charge is -2.32. The van der Waals surface area contributed by atoms with Gasteiger partial charge in [0.15, 0.2) is 11.3 Å². The lowest BCUT2D eigenvalue weighted by Crippen LogP contribution is -2.47. The number of fused-ring (bicyclic) bond motifs is 1. The van der Waals surface area contributed by atoms with Crippen LogP contribution in [-0.4, -0.2) is 68.7 Å². The van der Waals surface area contributed by atoms with E-state index < -0.39 is 0 Å². The van der Waals surface area contributed by atoms with Crippen LogP contribution in [0.5, 0.6) is 0 Å². The van der Waals surface area contributed by atoms with Crippen LogP contribution in [0.3, 0.4) is 0 Å². The molecule has 7 nitrogen and oxygen atoms in total. The Morgan fingerprint density at radius 1 is 1.11 bits per heavy atom. The Kier molecular flexibility index (Phi) is 4.80. The molecule has 0 bridgehead atoms. The molecule has 1 aliphatic heterocycles. The van der Waals surface area contributed by atoms with Crippen molar-refractivity contribution in [3.63, 3.8) is 0 Å². The minimum absolute atomic E-state index is 0.114. The van der Waals surface area contributed by atoms with E-state index in [4.69, 9.17) is 0 Å². The van der Waals surface area contributed by atoms with Crippen molar-refractivity contribution in [1.29, 1.82) is 0 Å². The van der Waals surface area contributed by atoms with Crippen LogP contribution in [0.25, 0.3) is 16.8 Å². The van der Waals surface area contributed by atoms with Gasteiger partial charge in [-0.3, -0.25) is 4.79 Å². The highest BCUT2D eigenvalue weighted by atomic mass is 19.1. The van der Waals surface area contributed by atoms with Gasteiger partial charge < -0.3 is 9.80 Å². The Morgan fingerprint density at radius 3 is 2.43 bits per heavy atom. The van der Waals surface area contributed by atoms with E-state index in [1.54, 1.807) is 16.6 Å². The first-order chi connectivity index (χ1) is 13.5. The van der Waals surface area contributed by atoms with Gasteiger partial charge in [-0.25, -0.2) is 8.91 Å². The molecule has 0 spiro atoms. The summed E-state index contributed by atoms with van der Waals surface area (Å²) < 4.78 is 15.0. The summed E-state index contributed by atoms with van der Waals surface area (Å²) in [7, 11) is 2.05. The second kappa shape index (κ2) is 7.27. The van der Waals surface area contributed by atoms with Gasteiger partial charge in [0.05, 0.1) is 17.0 Å². The summed E-state index contributed by atoms with van der Waals surface area (Å²) in [4.78, 5) is 17.0. The van der Waals surface area contributed by atoms with E-state index in [0.717, 1.165) is 29.9 Å². The van der Waals surface area contributed by atoms with Crippen molar-refractivity contribution in [2.24, 2.45) is 0 Å². The molecule has 1 amide bonds. The van der Waals surface area contributed by atoms with E-state index in [0.29, 0.717) is 36.5 Å². The molecule has 28 heavy (non-hydrogen) atoms. The van der Waals surface area contributed by atoms with E-state index >= 15 is 0 Å². The quantitative estimate of drug-likeness (QED) is 0.695. The number of benzene rings is 1. The Morgan fingerprint density at radius 2 is 1.79 bits per heavy atom. The minimum atomic E-state index is -0.291. The smallest absolute Gasteiger partial charge is 0.276 e. The van der Waals surface area contributed by atoms with Gasteiger partial charge in [0, 0.05) is 26.2 Å². The molecule has 0 radical (unpaired) electrons. The normalized spacial score (nSPS) is 15.4. The molecule has 0 N–H and O–H groups in total. The van der Waals surface area contributed by atoms with Crippen molar-refractivity contribution in [3.05, 3.63) is 47.2 Å². The van der Waals surface area contributed by atoms with E-state index in [1.165, 1.54) is 12.1 Å². The Hall–Kier alpha value is -2.87. The molecular weight excluding hydrogens is 359 g/mol. The summed E-state index contributed by atoms with van der Waals surface area (Å²) in [5, 5.41) is 13.3. The van der Waals surface area contributed by atoms with Crippen LogP contribution in [-0.2, 0) is 6.42 Å². The molecule has 0 aliphatic carbocycles. The molecule has 1 aromatic carbocycles. The third-order valence-electron chi connectivity index (χ3n) is 5.30. The summed E-state index contributed by atoms with van der Waals surface area (Å²) in [6.07, 6.45) is 0.692. The number of likely N-dealkylation sites (N-methyl/N-ethyl adjacent to an activating group) is 1. The van der Waals surface area contributed by atoms with Crippen molar-refractivity contribution in [1.82, 2.24) is 29.6 Å². The number of carbonyl (C=O) groups is 1. The van der Waals surface area contributed by atoms with Crippen LogP contribution in [0.4, 0.5) is 4.39 Å². The molecule has 2 aromatic heterocycles. The molecule has 0 unspecified atom stereocenters. The fourth-order valence-corrected chi connectivity index (χ4v) is 3.57. The molecule has 3 heterocycles. The second-order valence-corrected chi connectivity index (χ2v) is 7.15. The highest BCUT2D eigenvalue weighted by Gasteiger charge is 2.26. The second-order valence-electron chi connectivity index (χ2n) is 7.15. The van der Waals surface area contributed by atoms with Gasteiger partial charge >= 0.3 is 0 Å². The number of hydrogen-bond acceptors (Lipinski definition) is 5. The standard InChI is InChI=1S/C20H23FN6O/c1-4-16-17(14-5-7-15(21)8-6-14)19-23-22-18(13(2)27(19)24-16)20(28)26-11-9-25(3)10-12-26/h5-8H,4,9-12H2,1-3H3. The van der Waals surface area contributed by atoms with Gasteiger partial charge in [0.2, 0.25) is 0 Å². The summed E-state index contributed by atoms with van der Waals surface area (Å²) in [6, 6.07) is 6.27. The molecule has 3 aromatic rings. The van der Waals surface area contributed by atoms with Gasteiger partial charge in [-0.05, 0) is 38.1 Å². The van der Waals surface area contributed by atoms with Crippen LogP contribution in [0.2, 0.25) is 0 Å². The first-order valence-corrected chi connectivity index (χ1v) is 9.48. The first kappa shape index (κ1) is 18.5. The molecule has 1 saturated heterocycles. The zero-order valence-electron chi connectivity index (χ0n) is 16.3. The van der Waals surface area contributed by atoms with E-state index in [1.807, 2.05) is 25.8 Å². The summed E-state index contributed by atoms with van der Waals surface area (Å²) in [6.45, 7) is 6.89. The number of nitrogens with zero attached hydrogens (tertiary/aromatic N) is 6. The predicted molar refractivity (Wildman–Crippen MR) is 104 cm³/mol. The van der Waals surface area contributed by atoms with Crippen molar-refractivity contribution in [2.75, 3.05) is 33.2 Å². The largest absolute Gasteiger partial charge is 0.335 e. The fourth-order valence-electron chi connectivity index (χ4n) is 3.57. The number of hydrogen-bond donors (Lipinski definition) is 0. The van der Waals surface area contributed by atoms with E-state index in [-0.39, 0.29) is 11.7 Å². The number of rotatable bonds is 3. The maximum absolute atomic E-state index is 13.3. The molecule has 0 saturated carbocycles. The van der Waals surface area contributed by atoms with Crippen molar-refractivity contribution < 1.29 is 9.18 Å². The van der Waals surface area contributed by atoms with Gasteiger partial charge in [-0.2, -0.15) is 5.10 Å². The van der Waals surface area contributed by atoms with Crippen LogP contribution < -0.4 is 0 Å². The predicted octanol–water partition coefficient (Wildman–Crippen LogP) is 2.19. The van der Waals surface area contributed by atoms with E-state index in [9.17, 15) is 9.18 Å². The number of carbonyl (C=O) groups excluding carboxylic acids is 1. The third-order valence-corrected chi connectivity index (χ3v) is 5.30. The number of amides is 1. The van der Waals surface area contributed by atoms with Crippen LogP contribution >= 0.6 is 0 Å². The van der Waals surface area contributed by atoms with Gasteiger partial charge in [0.25, 0.3) is 5.91 Å². The average molecular weight is 382 g/mol. The maximum Gasteiger partial charge on any atom is 0.276 e.